The van der Waals surface area contributed by atoms with Crippen LogP contribution in [0.3, 0.4) is 0 Å². The molecule has 0 saturated heterocycles. The molecule has 2 aromatic carbocycles. The van der Waals surface area contributed by atoms with Gasteiger partial charge in [-0.15, -0.1) is 0 Å². The Balaban J connectivity index is 1.83. The zero-order valence-electron chi connectivity index (χ0n) is 11.4. The summed E-state index contributed by atoms with van der Waals surface area (Å²) >= 11 is 0. The summed E-state index contributed by atoms with van der Waals surface area (Å²) < 4.78 is 32.5. The number of hydrogen-bond donors (Lipinski definition) is 1. The maximum Gasteiger partial charge on any atom is 0.126 e. The van der Waals surface area contributed by atoms with Crippen molar-refractivity contribution in [2.24, 2.45) is 0 Å². The molecule has 1 aliphatic heterocycles. The molecule has 0 radical (unpaired) electrons. The average Bonchev–Trinajstić information content (AvgIpc) is 2.50. The van der Waals surface area contributed by atoms with E-state index in [0.29, 0.717) is 13.0 Å². The van der Waals surface area contributed by atoms with Crippen LogP contribution < -0.4 is 4.74 Å². The van der Waals surface area contributed by atoms with Crippen molar-refractivity contribution in [1.82, 2.24) is 0 Å². The highest BCUT2D eigenvalue weighted by Gasteiger charge is 2.28. The summed E-state index contributed by atoms with van der Waals surface area (Å²) in [4.78, 5) is 0. The van der Waals surface area contributed by atoms with E-state index in [4.69, 9.17) is 4.74 Å². The predicted octanol–water partition coefficient (Wildman–Crippen LogP) is 3.43. The Morgan fingerprint density at radius 1 is 1.19 bits per heavy atom. The molecule has 0 bridgehead atoms. The molecule has 0 saturated carbocycles. The summed E-state index contributed by atoms with van der Waals surface area (Å²) in [5.41, 5.74) is 1.12. The number of fused-ring (bicyclic) bond motifs is 1. The van der Waals surface area contributed by atoms with E-state index >= 15 is 0 Å². The number of hydrogen-bond acceptors (Lipinski definition) is 2. The van der Waals surface area contributed by atoms with Gasteiger partial charge in [-0.3, -0.25) is 0 Å². The molecule has 2 unspecified atom stereocenters. The van der Waals surface area contributed by atoms with Gasteiger partial charge < -0.3 is 9.84 Å². The van der Waals surface area contributed by atoms with Gasteiger partial charge in [0.25, 0.3) is 0 Å². The van der Waals surface area contributed by atoms with Gasteiger partial charge in [0.2, 0.25) is 0 Å². The van der Waals surface area contributed by atoms with Crippen molar-refractivity contribution < 1.29 is 18.6 Å². The molecule has 0 spiro atoms. The summed E-state index contributed by atoms with van der Waals surface area (Å²) in [5, 5.41) is 10.4. The molecule has 3 rings (SSSR count). The van der Waals surface area contributed by atoms with Gasteiger partial charge in [0.05, 0.1) is 12.7 Å². The molecule has 2 atom stereocenters. The first-order valence-electron chi connectivity index (χ1n) is 6.99. The van der Waals surface area contributed by atoms with Crippen molar-refractivity contribution in [3.63, 3.8) is 0 Å². The smallest absolute Gasteiger partial charge is 0.126 e. The highest BCUT2D eigenvalue weighted by Crippen LogP contribution is 2.36. The normalized spacial score (nSPS) is 18.7. The molecule has 21 heavy (non-hydrogen) atoms. The van der Waals surface area contributed by atoms with Crippen LogP contribution in [0.1, 0.15) is 23.5 Å². The fourth-order valence-corrected chi connectivity index (χ4v) is 2.84. The van der Waals surface area contributed by atoms with Gasteiger partial charge in [-0.1, -0.05) is 18.2 Å². The number of ether oxygens (including phenoxy) is 1. The standard InChI is InChI=1S/C17H16F2O2/c18-12-5-6-15(19)11(9-12)10-16(20)13-7-8-21-17-4-2-1-3-14(13)17/h1-6,9,13,16,20H,7-8,10H2. The quantitative estimate of drug-likeness (QED) is 0.938. The number of benzene rings is 2. The molecule has 1 N–H and O–H groups in total. The first kappa shape index (κ1) is 14.0. The van der Waals surface area contributed by atoms with E-state index in [9.17, 15) is 13.9 Å². The summed E-state index contributed by atoms with van der Waals surface area (Å²) in [5.74, 6) is -0.355. The molecule has 0 aliphatic carbocycles. The van der Waals surface area contributed by atoms with Gasteiger partial charge in [0, 0.05) is 12.3 Å². The lowest BCUT2D eigenvalue weighted by atomic mass is 9.85. The van der Waals surface area contributed by atoms with E-state index in [1.807, 2.05) is 24.3 Å². The number of rotatable bonds is 3. The predicted molar refractivity (Wildman–Crippen MR) is 75.4 cm³/mol. The van der Waals surface area contributed by atoms with Crippen LogP contribution in [0.4, 0.5) is 8.78 Å². The van der Waals surface area contributed by atoms with Gasteiger partial charge in [-0.2, -0.15) is 0 Å². The SMILES string of the molecule is OC(Cc1cc(F)ccc1F)C1CCOc2ccccc21. The highest BCUT2D eigenvalue weighted by atomic mass is 19.1. The summed E-state index contributed by atoms with van der Waals surface area (Å²) in [6.45, 7) is 0.518. The lowest BCUT2D eigenvalue weighted by molar-refractivity contribution is 0.115. The van der Waals surface area contributed by atoms with Crippen LogP contribution in [0.5, 0.6) is 5.75 Å². The lowest BCUT2D eigenvalue weighted by Gasteiger charge is -2.29. The second kappa shape index (κ2) is 5.82. The van der Waals surface area contributed by atoms with Crippen molar-refractivity contribution >= 4 is 0 Å². The van der Waals surface area contributed by atoms with Crippen LogP contribution >= 0.6 is 0 Å². The van der Waals surface area contributed by atoms with E-state index in [1.165, 1.54) is 0 Å². The fourth-order valence-electron chi connectivity index (χ4n) is 2.84. The molecule has 110 valence electrons. The van der Waals surface area contributed by atoms with Crippen molar-refractivity contribution in [1.29, 1.82) is 0 Å². The Morgan fingerprint density at radius 2 is 2.00 bits per heavy atom. The van der Waals surface area contributed by atoms with Crippen molar-refractivity contribution in [3.05, 3.63) is 65.2 Å². The van der Waals surface area contributed by atoms with E-state index in [1.54, 1.807) is 0 Å². The van der Waals surface area contributed by atoms with Gasteiger partial charge in [-0.25, -0.2) is 8.78 Å². The fraction of sp³-hybridized carbons (Fsp3) is 0.294. The van der Waals surface area contributed by atoms with E-state index in [0.717, 1.165) is 29.5 Å². The molecule has 2 nitrogen and oxygen atoms in total. The molecule has 0 amide bonds. The van der Waals surface area contributed by atoms with E-state index in [-0.39, 0.29) is 17.9 Å². The maximum absolute atomic E-state index is 13.7. The first-order chi connectivity index (χ1) is 10.1. The summed E-state index contributed by atoms with van der Waals surface area (Å²) in [7, 11) is 0. The summed E-state index contributed by atoms with van der Waals surface area (Å²) in [6.07, 6.45) is -0.0242. The van der Waals surface area contributed by atoms with Gasteiger partial charge >= 0.3 is 0 Å². The van der Waals surface area contributed by atoms with Crippen LogP contribution in [0, 0.1) is 11.6 Å². The summed E-state index contributed by atoms with van der Waals surface area (Å²) in [6, 6.07) is 10.8. The van der Waals surface area contributed by atoms with Crippen LogP contribution in [0.2, 0.25) is 0 Å². The van der Waals surface area contributed by atoms with Gasteiger partial charge in [0.1, 0.15) is 17.4 Å². The van der Waals surface area contributed by atoms with Crippen LogP contribution in [-0.4, -0.2) is 17.8 Å². The molecule has 2 aromatic rings. The van der Waals surface area contributed by atoms with Crippen molar-refractivity contribution in [2.75, 3.05) is 6.61 Å². The Kier molecular flexibility index (Phi) is 3.88. The number of aliphatic hydroxyl groups is 1. The highest BCUT2D eigenvalue weighted by molar-refractivity contribution is 5.38. The molecule has 0 aromatic heterocycles. The van der Waals surface area contributed by atoms with Crippen LogP contribution in [0.15, 0.2) is 42.5 Å². The van der Waals surface area contributed by atoms with Gasteiger partial charge in [0.15, 0.2) is 0 Å². The minimum Gasteiger partial charge on any atom is -0.493 e. The monoisotopic (exact) mass is 290 g/mol. The number of para-hydroxylation sites is 1. The number of aliphatic hydroxyl groups excluding tert-OH is 1. The number of halogens is 2. The zero-order chi connectivity index (χ0) is 14.8. The lowest BCUT2D eigenvalue weighted by Crippen LogP contribution is -2.27. The maximum atomic E-state index is 13.7. The Hall–Kier alpha value is -1.94. The zero-order valence-corrected chi connectivity index (χ0v) is 11.4. The van der Waals surface area contributed by atoms with Crippen LogP contribution in [0.25, 0.3) is 0 Å². The third-order valence-corrected chi connectivity index (χ3v) is 3.91. The Morgan fingerprint density at radius 3 is 2.86 bits per heavy atom. The van der Waals surface area contributed by atoms with E-state index in [2.05, 4.69) is 0 Å². The van der Waals surface area contributed by atoms with Gasteiger partial charge in [-0.05, 0) is 41.8 Å². The Labute approximate surface area is 122 Å². The molecular weight excluding hydrogens is 274 g/mol. The van der Waals surface area contributed by atoms with E-state index < -0.39 is 17.7 Å². The molecule has 4 heteroatoms. The largest absolute Gasteiger partial charge is 0.493 e. The minimum atomic E-state index is -0.772. The molecule has 1 aliphatic rings. The minimum absolute atomic E-state index is 0.0859. The molecule has 0 fully saturated rings. The topological polar surface area (TPSA) is 29.5 Å². The molecule has 1 heterocycles. The Bertz CT molecular complexity index is 642. The van der Waals surface area contributed by atoms with Crippen molar-refractivity contribution in [3.8, 4) is 5.75 Å². The van der Waals surface area contributed by atoms with Crippen LogP contribution in [-0.2, 0) is 6.42 Å². The molecular formula is C17H16F2O2. The first-order valence-corrected chi connectivity index (χ1v) is 6.99. The average molecular weight is 290 g/mol. The third kappa shape index (κ3) is 2.90. The van der Waals surface area contributed by atoms with Crippen molar-refractivity contribution in [2.45, 2.75) is 24.9 Å². The second-order valence-electron chi connectivity index (χ2n) is 5.29. The second-order valence-corrected chi connectivity index (χ2v) is 5.29. The third-order valence-electron chi connectivity index (χ3n) is 3.91.